The summed E-state index contributed by atoms with van der Waals surface area (Å²) in [6.45, 7) is 4.63. The topological polar surface area (TPSA) is 41.5 Å². The van der Waals surface area contributed by atoms with Crippen molar-refractivity contribution in [3.8, 4) is 5.75 Å². The number of halogens is 2. The molecule has 1 rings (SSSR count). The second-order valence-electron chi connectivity index (χ2n) is 4.46. The Labute approximate surface area is 125 Å². The molecule has 0 bridgehead atoms. The maximum atomic E-state index is 9.30. The molecule has 2 unspecified atom stereocenters. The molecular formula is C13H19Br2NO2. The first-order chi connectivity index (χ1) is 8.43. The first-order valence-corrected chi connectivity index (χ1v) is 7.46. The van der Waals surface area contributed by atoms with E-state index < -0.39 is 0 Å². The lowest BCUT2D eigenvalue weighted by molar-refractivity contribution is 0.170. The second-order valence-corrected chi connectivity index (χ2v) is 6.17. The van der Waals surface area contributed by atoms with Gasteiger partial charge in [-0.05, 0) is 69.8 Å². The van der Waals surface area contributed by atoms with Crippen molar-refractivity contribution in [3.05, 3.63) is 26.6 Å². The fourth-order valence-corrected chi connectivity index (χ4v) is 3.40. The van der Waals surface area contributed by atoms with E-state index in [4.69, 9.17) is 4.74 Å². The predicted octanol–water partition coefficient (Wildman–Crippen LogP) is 3.47. The number of ether oxygens (including phenoxy) is 1. The van der Waals surface area contributed by atoms with Crippen LogP contribution < -0.4 is 10.1 Å². The highest BCUT2D eigenvalue weighted by Crippen LogP contribution is 2.34. The Morgan fingerprint density at radius 3 is 2.28 bits per heavy atom. The van der Waals surface area contributed by atoms with Crippen LogP contribution in [0.2, 0.25) is 0 Å². The van der Waals surface area contributed by atoms with Gasteiger partial charge in [0.25, 0.3) is 0 Å². The van der Waals surface area contributed by atoms with Gasteiger partial charge in [0, 0.05) is 12.6 Å². The van der Waals surface area contributed by atoms with E-state index in [9.17, 15) is 5.11 Å². The lowest BCUT2D eigenvalue weighted by Gasteiger charge is -2.16. The van der Waals surface area contributed by atoms with Crippen LogP contribution in [0.4, 0.5) is 0 Å². The van der Waals surface area contributed by atoms with Crippen molar-refractivity contribution in [1.82, 2.24) is 5.32 Å². The molecule has 5 heteroatoms. The van der Waals surface area contributed by atoms with Crippen LogP contribution in [0.25, 0.3) is 0 Å². The smallest absolute Gasteiger partial charge is 0.147 e. The molecule has 1 aromatic rings. The molecule has 0 radical (unpaired) electrons. The van der Waals surface area contributed by atoms with Crippen LogP contribution >= 0.6 is 31.9 Å². The summed E-state index contributed by atoms with van der Waals surface area (Å²) in [6.07, 6.45) is 0.472. The number of nitrogens with one attached hydrogen (secondary N) is 1. The standard InChI is InChI=1S/C13H19Br2NO2/c1-8(4-9(2)17)16-7-10-5-11(14)13(18-3)12(15)6-10/h5-6,8-9,16-17H,4,7H2,1-3H3. The molecule has 1 aromatic carbocycles. The summed E-state index contributed by atoms with van der Waals surface area (Å²) < 4.78 is 7.12. The molecule has 0 heterocycles. The van der Waals surface area contributed by atoms with E-state index in [1.165, 1.54) is 0 Å². The zero-order valence-corrected chi connectivity index (χ0v) is 14.0. The molecule has 2 N–H and O–H groups in total. The normalized spacial score (nSPS) is 14.3. The highest BCUT2D eigenvalue weighted by Gasteiger charge is 2.09. The van der Waals surface area contributed by atoms with Crippen molar-refractivity contribution in [2.75, 3.05) is 7.11 Å². The Bertz CT molecular complexity index is 374. The summed E-state index contributed by atoms with van der Waals surface area (Å²) in [7, 11) is 1.65. The molecule has 2 atom stereocenters. The third-order valence-electron chi connectivity index (χ3n) is 2.61. The minimum absolute atomic E-state index is 0.276. The molecule has 102 valence electrons. The van der Waals surface area contributed by atoms with Gasteiger partial charge in [-0.2, -0.15) is 0 Å². The van der Waals surface area contributed by atoms with E-state index in [0.717, 1.165) is 33.2 Å². The van der Waals surface area contributed by atoms with Gasteiger partial charge in [0.15, 0.2) is 0 Å². The Balaban J connectivity index is 2.63. The van der Waals surface area contributed by atoms with Crippen LogP contribution in [-0.4, -0.2) is 24.4 Å². The molecule has 0 saturated heterocycles. The third kappa shape index (κ3) is 4.88. The summed E-state index contributed by atoms with van der Waals surface area (Å²) in [5.74, 6) is 0.802. The minimum atomic E-state index is -0.276. The maximum Gasteiger partial charge on any atom is 0.147 e. The van der Waals surface area contributed by atoms with Gasteiger partial charge in [0.2, 0.25) is 0 Å². The molecule has 3 nitrogen and oxygen atoms in total. The quantitative estimate of drug-likeness (QED) is 0.793. The molecule has 0 aromatic heterocycles. The number of aliphatic hydroxyl groups is 1. The summed E-state index contributed by atoms with van der Waals surface area (Å²) in [4.78, 5) is 0. The SMILES string of the molecule is COc1c(Br)cc(CNC(C)CC(C)O)cc1Br. The third-order valence-corrected chi connectivity index (χ3v) is 3.79. The average molecular weight is 381 g/mol. The Hall–Kier alpha value is -0.100. The van der Waals surface area contributed by atoms with Gasteiger partial charge in [-0.3, -0.25) is 0 Å². The monoisotopic (exact) mass is 379 g/mol. The van der Waals surface area contributed by atoms with Crippen LogP contribution in [0.3, 0.4) is 0 Å². The van der Waals surface area contributed by atoms with Gasteiger partial charge in [-0.25, -0.2) is 0 Å². The zero-order valence-electron chi connectivity index (χ0n) is 10.8. The molecule has 0 fully saturated rings. The van der Waals surface area contributed by atoms with Gasteiger partial charge >= 0.3 is 0 Å². The molecule has 0 spiro atoms. The summed E-state index contributed by atoms with van der Waals surface area (Å²) >= 11 is 6.97. The molecule has 0 aliphatic rings. The summed E-state index contributed by atoms with van der Waals surface area (Å²) in [5, 5.41) is 12.7. The first kappa shape index (κ1) is 16.0. The Kier molecular flexibility index (Phi) is 6.63. The number of benzene rings is 1. The van der Waals surface area contributed by atoms with Gasteiger partial charge in [0.05, 0.1) is 22.2 Å². The lowest BCUT2D eigenvalue weighted by Crippen LogP contribution is -2.28. The molecule has 0 amide bonds. The highest BCUT2D eigenvalue weighted by molar-refractivity contribution is 9.11. The number of hydrogen-bond donors (Lipinski definition) is 2. The Morgan fingerprint density at radius 1 is 1.28 bits per heavy atom. The molecule has 18 heavy (non-hydrogen) atoms. The summed E-state index contributed by atoms with van der Waals surface area (Å²) in [6, 6.07) is 4.35. The number of methoxy groups -OCH3 is 1. The second kappa shape index (κ2) is 7.48. The van der Waals surface area contributed by atoms with E-state index >= 15 is 0 Å². The van der Waals surface area contributed by atoms with Crippen LogP contribution in [-0.2, 0) is 6.54 Å². The fourth-order valence-electron chi connectivity index (χ4n) is 1.80. The van der Waals surface area contributed by atoms with Crippen molar-refractivity contribution in [3.63, 3.8) is 0 Å². The van der Waals surface area contributed by atoms with Gasteiger partial charge in [-0.15, -0.1) is 0 Å². The Morgan fingerprint density at radius 2 is 1.83 bits per heavy atom. The molecule has 0 aliphatic heterocycles. The zero-order chi connectivity index (χ0) is 13.7. The van der Waals surface area contributed by atoms with Gasteiger partial charge in [-0.1, -0.05) is 0 Å². The van der Waals surface area contributed by atoms with E-state index in [-0.39, 0.29) is 12.1 Å². The van der Waals surface area contributed by atoms with Crippen molar-refractivity contribution in [1.29, 1.82) is 0 Å². The molecular weight excluding hydrogens is 362 g/mol. The largest absolute Gasteiger partial charge is 0.494 e. The van der Waals surface area contributed by atoms with E-state index in [1.54, 1.807) is 14.0 Å². The fraction of sp³-hybridized carbons (Fsp3) is 0.538. The number of rotatable bonds is 6. The highest BCUT2D eigenvalue weighted by atomic mass is 79.9. The van der Waals surface area contributed by atoms with Crippen LogP contribution in [0.5, 0.6) is 5.75 Å². The van der Waals surface area contributed by atoms with Crippen LogP contribution in [0.15, 0.2) is 21.1 Å². The molecule has 0 saturated carbocycles. The predicted molar refractivity (Wildman–Crippen MR) is 81.0 cm³/mol. The average Bonchev–Trinajstić information content (AvgIpc) is 2.25. The number of hydrogen-bond acceptors (Lipinski definition) is 3. The van der Waals surface area contributed by atoms with E-state index in [1.807, 2.05) is 12.1 Å². The lowest BCUT2D eigenvalue weighted by atomic mass is 10.1. The minimum Gasteiger partial charge on any atom is -0.494 e. The van der Waals surface area contributed by atoms with Crippen molar-refractivity contribution < 1.29 is 9.84 Å². The van der Waals surface area contributed by atoms with Crippen LogP contribution in [0.1, 0.15) is 25.8 Å². The molecule has 0 aliphatic carbocycles. The van der Waals surface area contributed by atoms with Crippen molar-refractivity contribution in [2.45, 2.75) is 39.0 Å². The summed E-state index contributed by atoms with van der Waals surface area (Å²) in [5.41, 5.74) is 1.16. The first-order valence-electron chi connectivity index (χ1n) is 5.87. The number of aliphatic hydroxyl groups excluding tert-OH is 1. The van der Waals surface area contributed by atoms with E-state index in [0.29, 0.717) is 0 Å². The van der Waals surface area contributed by atoms with Crippen molar-refractivity contribution >= 4 is 31.9 Å². The van der Waals surface area contributed by atoms with Crippen LogP contribution in [0, 0.1) is 0 Å². The van der Waals surface area contributed by atoms with E-state index in [2.05, 4.69) is 44.1 Å². The van der Waals surface area contributed by atoms with Gasteiger partial charge < -0.3 is 15.2 Å². The van der Waals surface area contributed by atoms with Gasteiger partial charge in [0.1, 0.15) is 5.75 Å². The van der Waals surface area contributed by atoms with Crippen molar-refractivity contribution in [2.24, 2.45) is 0 Å². The maximum absolute atomic E-state index is 9.30.